The molecule has 12 heavy (non-hydrogen) atoms. The Balaban J connectivity index is 2.77. The third-order valence-electron chi connectivity index (χ3n) is 1.45. The van der Waals surface area contributed by atoms with E-state index in [-0.39, 0.29) is 0 Å². The quantitative estimate of drug-likeness (QED) is 0.472. The van der Waals surface area contributed by atoms with Gasteiger partial charge < -0.3 is 11.1 Å². The summed E-state index contributed by atoms with van der Waals surface area (Å²) in [6.07, 6.45) is 0. The number of para-hydroxylation sites is 1. The van der Waals surface area contributed by atoms with Gasteiger partial charge in [0, 0.05) is 11.3 Å². The molecule has 1 aromatic carbocycles. The summed E-state index contributed by atoms with van der Waals surface area (Å²) in [5.74, 6) is 5.93. The first kappa shape index (κ1) is 8.63. The van der Waals surface area contributed by atoms with Crippen molar-refractivity contribution < 1.29 is 0 Å². The molecule has 1 rings (SSSR count). The fourth-order valence-electron chi connectivity index (χ4n) is 0.839. The van der Waals surface area contributed by atoms with Gasteiger partial charge >= 0.3 is 0 Å². The van der Waals surface area contributed by atoms with E-state index in [2.05, 4.69) is 17.2 Å². The van der Waals surface area contributed by atoms with Gasteiger partial charge in [-0.15, -0.1) is 0 Å². The van der Waals surface area contributed by atoms with Crippen LogP contribution in [0.4, 0.5) is 5.69 Å². The minimum Gasteiger partial charge on any atom is -0.398 e. The average Bonchev–Trinajstić information content (AvgIpc) is 2.09. The standard InChI is InChI=1S/C10H12N2/c1-12-8-4-6-9-5-2-3-7-10(9)11/h2-3,5,7,12H,8,11H2,1H3. The van der Waals surface area contributed by atoms with Crippen LogP contribution in [-0.2, 0) is 0 Å². The zero-order chi connectivity index (χ0) is 8.81. The Morgan fingerprint density at radius 2 is 2.17 bits per heavy atom. The Kier molecular flexibility index (Phi) is 3.18. The van der Waals surface area contributed by atoms with Crippen LogP contribution in [0, 0.1) is 11.8 Å². The normalized spacial score (nSPS) is 8.75. The lowest BCUT2D eigenvalue weighted by Gasteiger charge is -1.94. The summed E-state index contributed by atoms with van der Waals surface area (Å²) < 4.78 is 0. The molecule has 0 atom stereocenters. The van der Waals surface area contributed by atoms with Crippen molar-refractivity contribution in [2.24, 2.45) is 0 Å². The molecule has 0 fully saturated rings. The van der Waals surface area contributed by atoms with E-state index in [0.717, 1.165) is 11.3 Å². The fourth-order valence-corrected chi connectivity index (χ4v) is 0.839. The maximum absolute atomic E-state index is 5.68. The molecule has 0 saturated carbocycles. The van der Waals surface area contributed by atoms with Crippen LogP contribution in [0.3, 0.4) is 0 Å². The molecular formula is C10H12N2. The summed E-state index contributed by atoms with van der Waals surface area (Å²) in [5.41, 5.74) is 7.31. The molecule has 0 heterocycles. The SMILES string of the molecule is CNCC#Cc1ccccc1N. The van der Waals surface area contributed by atoms with E-state index < -0.39 is 0 Å². The highest BCUT2D eigenvalue weighted by molar-refractivity contribution is 5.55. The van der Waals surface area contributed by atoms with E-state index in [4.69, 9.17) is 5.73 Å². The molecular weight excluding hydrogens is 148 g/mol. The maximum Gasteiger partial charge on any atom is 0.0577 e. The van der Waals surface area contributed by atoms with Gasteiger partial charge in [0.1, 0.15) is 0 Å². The lowest BCUT2D eigenvalue weighted by molar-refractivity contribution is 0.938. The second kappa shape index (κ2) is 4.42. The Hall–Kier alpha value is -1.46. The Morgan fingerprint density at radius 3 is 2.83 bits per heavy atom. The largest absolute Gasteiger partial charge is 0.398 e. The molecule has 0 aliphatic rings. The van der Waals surface area contributed by atoms with Crippen LogP contribution in [-0.4, -0.2) is 13.6 Å². The maximum atomic E-state index is 5.68. The van der Waals surface area contributed by atoms with E-state index in [0.29, 0.717) is 6.54 Å². The van der Waals surface area contributed by atoms with Crippen LogP contribution in [0.2, 0.25) is 0 Å². The highest BCUT2D eigenvalue weighted by atomic mass is 14.8. The van der Waals surface area contributed by atoms with Gasteiger partial charge in [0.25, 0.3) is 0 Å². The van der Waals surface area contributed by atoms with Crippen molar-refractivity contribution in [3.05, 3.63) is 29.8 Å². The minimum atomic E-state index is 0.689. The van der Waals surface area contributed by atoms with Crippen LogP contribution < -0.4 is 11.1 Å². The van der Waals surface area contributed by atoms with Crippen molar-refractivity contribution in [3.8, 4) is 11.8 Å². The average molecular weight is 160 g/mol. The molecule has 0 spiro atoms. The number of nitrogen functional groups attached to an aromatic ring is 1. The van der Waals surface area contributed by atoms with Crippen molar-refractivity contribution in [1.82, 2.24) is 5.32 Å². The Bertz CT molecular complexity index is 307. The molecule has 62 valence electrons. The highest BCUT2D eigenvalue weighted by Crippen LogP contribution is 2.07. The first-order chi connectivity index (χ1) is 5.84. The smallest absolute Gasteiger partial charge is 0.0577 e. The first-order valence-corrected chi connectivity index (χ1v) is 3.82. The number of hydrogen-bond acceptors (Lipinski definition) is 2. The molecule has 0 amide bonds. The summed E-state index contributed by atoms with van der Waals surface area (Å²) in [4.78, 5) is 0. The molecule has 0 saturated heterocycles. The van der Waals surface area contributed by atoms with Crippen molar-refractivity contribution in [3.63, 3.8) is 0 Å². The molecule has 0 radical (unpaired) electrons. The molecule has 0 unspecified atom stereocenters. The molecule has 1 aromatic rings. The number of anilines is 1. The number of nitrogens with one attached hydrogen (secondary N) is 1. The predicted octanol–water partition coefficient (Wildman–Crippen LogP) is 0.840. The van der Waals surface area contributed by atoms with Crippen molar-refractivity contribution in [2.75, 3.05) is 19.3 Å². The van der Waals surface area contributed by atoms with Crippen LogP contribution in [0.15, 0.2) is 24.3 Å². The first-order valence-electron chi connectivity index (χ1n) is 3.82. The number of hydrogen-bond donors (Lipinski definition) is 2. The van der Waals surface area contributed by atoms with Crippen LogP contribution >= 0.6 is 0 Å². The van der Waals surface area contributed by atoms with Gasteiger partial charge in [-0.05, 0) is 19.2 Å². The van der Waals surface area contributed by atoms with Crippen molar-refractivity contribution in [1.29, 1.82) is 0 Å². The van der Waals surface area contributed by atoms with Crippen molar-refractivity contribution >= 4 is 5.69 Å². The zero-order valence-corrected chi connectivity index (χ0v) is 7.09. The molecule has 0 aromatic heterocycles. The highest BCUT2D eigenvalue weighted by Gasteiger charge is 1.89. The summed E-state index contributed by atoms with van der Waals surface area (Å²) in [5, 5.41) is 2.94. The van der Waals surface area contributed by atoms with E-state index in [9.17, 15) is 0 Å². The lowest BCUT2D eigenvalue weighted by Crippen LogP contribution is -2.04. The molecule has 0 aliphatic carbocycles. The lowest BCUT2D eigenvalue weighted by atomic mass is 10.2. The third-order valence-corrected chi connectivity index (χ3v) is 1.45. The van der Waals surface area contributed by atoms with Gasteiger partial charge in [-0.3, -0.25) is 0 Å². The van der Waals surface area contributed by atoms with E-state index in [1.807, 2.05) is 31.3 Å². The van der Waals surface area contributed by atoms with Gasteiger partial charge in [0.05, 0.1) is 6.54 Å². The fraction of sp³-hybridized carbons (Fsp3) is 0.200. The number of nitrogens with two attached hydrogens (primary N) is 1. The molecule has 2 heteroatoms. The summed E-state index contributed by atoms with van der Waals surface area (Å²) in [6, 6.07) is 7.60. The van der Waals surface area contributed by atoms with Crippen LogP contribution in [0.5, 0.6) is 0 Å². The second-order valence-corrected chi connectivity index (χ2v) is 2.42. The van der Waals surface area contributed by atoms with Crippen LogP contribution in [0.1, 0.15) is 5.56 Å². The monoisotopic (exact) mass is 160 g/mol. The summed E-state index contributed by atoms with van der Waals surface area (Å²) in [7, 11) is 1.86. The Labute approximate surface area is 72.8 Å². The topological polar surface area (TPSA) is 38.0 Å². The predicted molar refractivity (Wildman–Crippen MR) is 51.7 cm³/mol. The van der Waals surface area contributed by atoms with E-state index >= 15 is 0 Å². The van der Waals surface area contributed by atoms with Gasteiger partial charge in [-0.25, -0.2) is 0 Å². The van der Waals surface area contributed by atoms with Gasteiger partial charge in [0.2, 0.25) is 0 Å². The van der Waals surface area contributed by atoms with E-state index in [1.165, 1.54) is 0 Å². The molecule has 2 nitrogen and oxygen atoms in total. The van der Waals surface area contributed by atoms with Crippen LogP contribution in [0.25, 0.3) is 0 Å². The second-order valence-electron chi connectivity index (χ2n) is 2.42. The zero-order valence-electron chi connectivity index (χ0n) is 7.09. The molecule has 0 aliphatic heterocycles. The van der Waals surface area contributed by atoms with Gasteiger partial charge in [0.15, 0.2) is 0 Å². The van der Waals surface area contributed by atoms with Crippen molar-refractivity contribution in [2.45, 2.75) is 0 Å². The van der Waals surface area contributed by atoms with E-state index in [1.54, 1.807) is 0 Å². The van der Waals surface area contributed by atoms with Gasteiger partial charge in [-0.1, -0.05) is 24.0 Å². The summed E-state index contributed by atoms with van der Waals surface area (Å²) >= 11 is 0. The summed E-state index contributed by atoms with van der Waals surface area (Å²) in [6.45, 7) is 0.689. The third kappa shape index (κ3) is 2.30. The molecule has 0 bridgehead atoms. The minimum absolute atomic E-state index is 0.689. The Morgan fingerprint density at radius 1 is 1.42 bits per heavy atom. The number of benzene rings is 1. The molecule has 3 N–H and O–H groups in total. The van der Waals surface area contributed by atoms with Gasteiger partial charge in [-0.2, -0.15) is 0 Å². The number of rotatable bonds is 1.